The Hall–Kier alpha value is -1.26. The van der Waals surface area contributed by atoms with Crippen LogP contribution in [0, 0.1) is 12.7 Å². The molecule has 4 heteroatoms. The molecule has 0 saturated carbocycles. The lowest BCUT2D eigenvalue weighted by molar-refractivity contribution is 0.628. The van der Waals surface area contributed by atoms with E-state index >= 15 is 0 Å². The van der Waals surface area contributed by atoms with Crippen LogP contribution in [0.1, 0.15) is 23.2 Å². The molecule has 1 aromatic heterocycles. The van der Waals surface area contributed by atoms with Gasteiger partial charge in [0.15, 0.2) is 0 Å². The minimum absolute atomic E-state index is 0.217. The quantitative estimate of drug-likeness (QED) is 0.832. The molecule has 18 heavy (non-hydrogen) atoms. The lowest BCUT2D eigenvalue weighted by Crippen LogP contribution is -2.13. The van der Waals surface area contributed by atoms with Gasteiger partial charge in [-0.3, -0.25) is 0 Å². The predicted octanol–water partition coefficient (Wildman–Crippen LogP) is 3.76. The van der Waals surface area contributed by atoms with Crippen molar-refractivity contribution in [2.24, 2.45) is 0 Å². The van der Waals surface area contributed by atoms with Gasteiger partial charge in [-0.1, -0.05) is 19.1 Å². The van der Waals surface area contributed by atoms with Crippen LogP contribution >= 0.6 is 11.3 Å². The third kappa shape index (κ3) is 3.15. The molecule has 0 amide bonds. The van der Waals surface area contributed by atoms with E-state index in [4.69, 9.17) is 0 Å². The highest BCUT2D eigenvalue weighted by atomic mass is 32.1. The highest BCUT2D eigenvalue weighted by Crippen LogP contribution is 2.27. The molecule has 0 atom stereocenters. The molecule has 96 valence electrons. The summed E-state index contributed by atoms with van der Waals surface area (Å²) in [6.07, 6.45) is 1.11. The summed E-state index contributed by atoms with van der Waals surface area (Å²) in [5.41, 5.74) is 1.75. The number of halogens is 1. The van der Waals surface area contributed by atoms with Gasteiger partial charge in [-0.2, -0.15) is 0 Å². The summed E-state index contributed by atoms with van der Waals surface area (Å²) < 4.78 is 13.2. The molecule has 0 aliphatic heterocycles. The first-order chi connectivity index (χ1) is 8.70. The zero-order valence-corrected chi connectivity index (χ0v) is 11.5. The maximum atomic E-state index is 13.2. The van der Waals surface area contributed by atoms with E-state index in [0.717, 1.165) is 40.7 Å². The smallest absolute Gasteiger partial charge is 0.123 e. The first-order valence-corrected chi connectivity index (χ1v) is 6.95. The summed E-state index contributed by atoms with van der Waals surface area (Å²) in [6.45, 7) is 5.95. The molecule has 0 aliphatic carbocycles. The molecular formula is C14H17FN2S. The minimum Gasteiger partial charge on any atom is -0.310 e. The lowest BCUT2D eigenvalue weighted by atomic mass is 10.1. The van der Waals surface area contributed by atoms with Gasteiger partial charge >= 0.3 is 0 Å². The summed E-state index contributed by atoms with van der Waals surface area (Å²) >= 11 is 1.67. The van der Waals surface area contributed by atoms with Crippen LogP contribution in [0.25, 0.3) is 11.3 Å². The van der Waals surface area contributed by atoms with E-state index in [1.807, 2.05) is 13.0 Å². The number of nitrogens with zero attached hydrogens (tertiary/aromatic N) is 1. The first-order valence-electron chi connectivity index (χ1n) is 6.13. The number of rotatable bonds is 5. The van der Waals surface area contributed by atoms with Gasteiger partial charge in [0.1, 0.15) is 10.8 Å². The fourth-order valence-electron chi connectivity index (χ4n) is 1.80. The van der Waals surface area contributed by atoms with E-state index in [0.29, 0.717) is 0 Å². The molecule has 0 saturated heterocycles. The van der Waals surface area contributed by atoms with Crippen LogP contribution in [-0.4, -0.2) is 11.5 Å². The second-order valence-corrected chi connectivity index (χ2v) is 5.49. The number of aryl methyl sites for hydroxylation is 1. The number of benzene rings is 1. The van der Waals surface area contributed by atoms with E-state index < -0.39 is 0 Å². The fourth-order valence-corrected chi connectivity index (χ4v) is 2.73. The maximum Gasteiger partial charge on any atom is 0.123 e. The SMILES string of the molecule is CCCNCc1nc(-c2cccc(F)c2)c(C)s1. The topological polar surface area (TPSA) is 24.9 Å². The number of aromatic nitrogens is 1. The van der Waals surface area contributed by atoms with Gasteiger partial charge in [-0.25, -0.2) is 9.37 Å². The van der Waals surface area contributed by atoms with Gasteiger partial charge in [0, 0.05) is 17.0 Å². The number of hydrogen-bond donors (Lipinski definition) is 1. The third-order valence-electron chi connectivity index (χ3n) is 2.64. The number of nitrogens with one attached hydrogen (secondary N) is 1. The van der Waals surface area contributed by atoms with Crippen molar-refractivity contribution in [3.63, 3.8) is 0 Å². The minimum atomic E-state index is -0.217. The van der Waals surface area contributed by atoms with Crippen molar-refractivity contribution in [2.45, 2.75) is 26.8 Å². The van der Waals surface area contributed by atoms with Gasteiger partial charge < -0.3 is 5.32 Å². The van der Waals surface area contributed by atoms with Crippen LogP contribution < -0.4 is 5.32 Å². The Bertz CT molecular complexity index is 522. The van der Waals surface area contributed by atoms with Crippen LogP contribution in [-0.2, 0) is 6.54 Å². The number of thiazole rings is 1. The molecule has 1 N–H and O–H groups in total. The predicted molar refractivity (Wildman–Crippen MR) is 74.2 cm³/mol. The summed E-state index contributed by atoms with van der Waals surface area (Å²) in [6, 6.07) is 6.60. The van der Waals surface area contributed by atoms with Crippen LogP contribution in [0.15, 0.2) is 24.3 Å². The number of hydrogen-bond acceptors (Lipinski definition) is 3. The summed E-state index contributed by atoms with van der Waals surface area (Å²) in [5, 5.41) is 4.38. The van der Waals surface area contributed by atoms with Crippen molar-refractivity contribution in [1.82, 2.24) is 10.3 Å². The zero-order valence-electron chi connectivity index (χ0n) is 10.7. The molecule has 0 fully saturated rings. The average Bonchev–Trinajstić information content (AvgIpc) is 2.71. The Morgan fingerprint density at radius 3 is 2.94 bits per heavy atom. The van der Waals surface area contributed by atoms with E-state index in [-0.39, 0.29) is 5.82 Å². The summed E-state index contributed by atoms with van der Waals surface area (Å²) in [5.74, 6) is -0.217. The molecule has 0 bridgehead atoms. The van der Waals surface area contributed by atoms with Crippen LogP contribution in [0.5, 0.6) is 0 Å². The Balaban J connectivity index is 2.18. The van der Waals surface area contributed by atoms with Gasteiger partial charge in [0.05, 0.1) is 5.69 Å². The summed E-state index contributed by atoms with van der Waals surface area (Å²) in [7, 11) is 0. The molecular weight excluding hydrogens is 247 g/mol. The van der Waals surface area contributed by atoms with Gasteiger partial charge in [-0.15, -0.1) is 11.3 Å². The van der Waals surface area contributed by atoms with Crippen LogP contribution in [0.4, 0.5) is 4.39 Å². The Kier molecular flexibility index (Phi) is 4.44. The van der Waals surface area contributed by atoms with Crippen molar-refractivity contribution >= 4 is 11.3 Å². The molecule has 1 heterocycles. The van der Waals surface area contributed by atoms with E-state index in [1.165, 1.54) is 12.1 Å². The molecule has 0 unspecified atom stereocenters. The second kappa shape index (κ2) is 6.07. The van der Waals surface area contributed by atoms with Gasteiger partial charge in [-0.05, 0) is 32.0 Å². The standard InChI is InChI=1S/C14H17FN2S/c1-3-7-16-9-13-17-14(10(2)18-13)11-5-4-6-12(15)8-11/h4-6,8,16H,3,7,9H2,1-2H3. The Morgan fingerprint density at radius 2 is 2.22 bits per heavy atom. The third-order valence-corrected chi connectivity index (χ3v) is 3.61. The highest BCUT2D eigenvalue weighted by Gasteiger charge is 2.09. The normalized spacial score (nSPS) is 10.8. The van der Waals surface area contributed by atoms with Crippen molar-refractivity contribution < 1.29 is 4.39 Å². The molecule has 0 spiro atoms. The molecule has 0 aliphatic rings. The zero-order chi connectivity index (χ0) is 13.0. The van der Waals surface area contributed by atoms with Crippen molar-refractivity contribution in [2.75, 3.05) is 6.54 Å². The van der Waals surface area contributed by atoms with E-state index in [1.54, 1.807) is 17.4 Å². The van der Waals surface area contributed by atoms with Crippen molar-refractivity contribution in [1.29, 1.82) is 0 Å². The summed E-state index contributed by atoms with van der Waals surface area (Å²) in [4.78, 5) is 5.72. The molecule has 2 aromatic rings. The van der Waals surface area contributed by atoms with Gasteiger partial charge in [0.2, 0.25) is 0 Å². The lowest BCUT2D eigenvalue weighted by Gasteiger charge is -1.99. The highest BCUT2D eigenvalue weighted by molar-refractivity contribution is 7.12. The molecule has 1 aromatic carbocycles. The Labute approximate surface area is 111 Å². The van der Waals surface area contributed by atoms with E-state index in [9.17, 15) is 4.39 Å². The Morgan fingerprint density at radius 1 is 1.39 bits per heavy atom. The fraction of sp³-hybridized carbons (Fsp3) is 0.357. The second-order valence-electron chi connectivity index (χ2n) is 4.20. The molecule has 2 nitrogen and oxygen atoms in total. The van der Waals surface area contributed by atoms with E-state index in [2.05, 4.69) is 17.2 Å². The molecule has 0 radical (unpaired) electrons. The molecule has 2 rings (SSSR count). The largest absolute Gasteiger partial charge is 0.310 e. The van der Waals surface area contributed by atoms with Crippen LogP contribution in [0.2, 0.25) is 0 Å². The maximum absolute atomic E-state index is 13.2. The van der Waals surface area contributed by atoms with Crippen molar-refractivity contribution in [3.05, 3.63) is 40.0 Å². The average molecular weight is 264 g/mol. The van der Waals surface area contributed by atoms with Gasteiger partial charge in [0.25, 0.3) is 0 Å². The van der Waals surface area contributed by atoms with Crippen molar-refractivity contribution in [3.8, 4) is 11.3 Å². The monoisotopic (exact) mass is 264 g/mol. The first kappa shape index (κ1) is 13.2. The van der Waals surface area contributed by atoms with Crippen LogP contribution in [0.3, 0.4) is 0 Å².